The van der Waals surface area contributed by atoms with Gasteiger partial charge in [-0.1, -0.05) is 12.1 Å². The molecule has 0 radical (unpaired) electrons. The summed E-state index contributed by atoms with van der Waals surface area (Å²) in [4.78, 5) is 37.3. The highest BCUT2D eigenvalue weighted by atomic mass is 19.1. The number of amides is 1. The lowest BCUT2D eigenvalue weighted by Crippen LogP contribution is -2.31. The van der Waals surface area contributed by atoms with Crippen molar-refractivity contribution in [3.8, 4) is 11.5 Å². The van der Waals surface area contributed by atoms with Gasteiger partial charge < -0.3 is 19.7 Å². The molecule has 1 saturated carbocycles. The van der Waals surface area contributed by atoms with Crippen molar-refractivity contribution < 1.29 is 23.5 Å². The third-order valence-corrected chi connectivity index (χ3v) is 9.01. The van der Waals surface area contributed by atoms with Gasteiger partial charge in [-0.2, -0.15) is 0 Å². The maximum atomic E-state index is 14.2. The fraction of sp³-hybridized carbons (Fsp3) is 0.419. The average molecular weight is 558 g/mol. The van der Waals surface area contributed by atoms with E-state index in [1.54, 1.807) is 12.3 Å². The highest BCUT2D eigenvalue weighted by Crippen LogP contribution is 2.52. The van der Waals surface area contributed by atoms with E-state index in [1.807, 2.05) is 0 Å². The molecule has 0 bridgehead atoms. The summed E-state index contributed by atoms with van der Waals surface area (Å²) in [6.07, 6.45) is 6.40. The van der Waals surface area contributed by atoms with Gasteiger partial charge in [0.2, 0.25) is 5.91 Å². The number of nitrogens with zero attached hydrogens (tertiary/aromatic N) is 4. The Bertz CT molecular complexity index is 1530. The fourth-order valence-electron chi connectivity index (χ4n) is 6.82. The monoisotopic (exact) mass is 557 g/mol. The fourth-order valence-corrected chi connectivity index (χ4v) is 6.82. The summed E-state index contributed by atoms with van der Waals surface area (Å²) < 4.78 is 25.4. The van der Waals surface area contributed by atoms with Crippen LogP contribution in [0.5, 0.6) is 11.5 Å². The number of halogens is 1. The Balaban J connectivity index is 1.04. The number of aromatic nitrogens is 2. The number of nitrogens with one attached hydrogen (secondary N) is 1. The summed E-state index contributed by atoms with van der Waals surface area (Å²) in [6, 6.07) is 10.7. The first-order chi connectivity index (χ1) is 19.9. The predicted octanol–water partition coefficient (Wildman–Crippen LogP) is 4.28. The zero-order valence-corrected chi connectivity index (χ0v) is 22.9. The van der Waals surface area contributed by atoms with Crippen LogP contribution in [0.1, 0.15) is 41.9 Å². The van der Waals surface area contributed by atoms with E-state index in [1.165, 1.54) is 31.1 Å². The van der Waals surface area contributed by atoms with Crippen molar-refractivity contribution in [3.63, 3.8) is 0 Å². The Morgan fingerprint density at radius 3 is 2.90 bits per heavy atom. The lowest BCUT2D eigenvalue weighted by Gasteiger charge is -2.26. The highest BCUT2D eigenvalue weighted by Gasteiger charge is 2.47. The van der Waals surface area contributed by atoms with Gasteiger partial charge in [0.05, 0.1) is 25.6 Å². The number of carbonyl (C=O) groups excluding carboxylic acids is 2. The Morgan fingerprint density at radius 2 is 2.02 bits per heavy atom. The molecule has 3 atom stereocenters. The van der Waals surface area contributed by atoms with Crippen LogP contribution in [0.3, 0.4) is 0 Å². The van der Waals surface area contributed by atoms with Crippen LogP contribution in [0.4, 0.5) is 15.9 Å². The molecule has 1 aromatic heterocycles. The number of likely N-dealkylation sites (tertiary alicyclic amines) is 1. The third-order valence-electron chi connectivity index (χ3n) is 9.01. The molecule has 4 heterocycles. The van der Waals surface area contributed by atoms with Gasteiger partial charge in [0.1, 0.15) is 17.9 Å². The summed E-state index contributed by atoms with van der Waals surface area (Å²) in [5.41, 5.74) is 4.04. The molecule has 2 aromatic carbocycles. The normalized spacial score (nSPS) is 24.9. The first kappa shape index (κ1) is 25.9. The summed E-state index contributed by atoms with van der Waals surface area (Å²) in [5.74, 6) is 0.727. The molecule has 10 heteroatoms. The molecule has 3 fully saturated rings. The van der Waals surface area contributed by atoms with E-state index in [4.69, 9.17) is 9.47 Å². The number of hydrogen-bond acceptors (Lipinski definition) is 8. The summed E-state index contributed by atoms with van der Waals surface area (Å²) >= 11 is 0. The van der Waals surface area contributed by atoms with Gasteiger partial charge in [0.15, 0.2) is 11.6 Å². The third kappa shape index (κ3) is 5.01. The second kappa shape index (κ2) is 10.1. The number of hydrogen-bond donors (Lipinski definition) is 1. The molecule has 41 heavy (non-hydrogen) atoms. The number of benzene rings is 2. The van der Waals surface area contributed by atoms with Crippen LogP contribution in [-0.4, -0.2) is 60.0 Å². The first-order valence-electron chi connectivity index (χ1n) is 14.1. The number of anilines is 2. The zero-order valence-electron chi connectivity index (χ0n) is 22.9. The van der Waals surface area contributed by atoms with E-state index >= 15 is 0 Å². The molecule has 3 aliphatic heterocycles. The van der Waals surface area contributed by atoms with Crippen LogP contribution in [0.2, 0.25) is 0 Å². The molecule has 3 aromatic rings. The van der Waals surface area contributed by atoms with Crippen molar-refractivity contribution in [1.29, 1.82) is 0 Å². The minimum absolute atomic E-state index is 0.0602. The van der Waals surface area contributed by atoms with Crippen molar-refractivity contribution in [1.82, 2.24) is 14.9 Å². The van der Waals surface area contributed by atoms with Gasteiger partial charge in [-0.15, -0.1) is 0 Å². The molecule has 4 aliphatic rings. The van der Waals surface area contributed by atoms with E-state index in [0.717, 1.165) is 62.6 Å². The van der Waals surface area contributed by atoms with E-state index < -0.39 is 0 Å². The standard InChI is InChI=1S/C31H32FN5O4/c1-40-30(39)24-13-22(24)23-12-21(32)4-5-26(23)41-27-14-33-18-34-29(27)37-9-7-31(17-37)6-8-36(16-31)15-19-2-3-20-11-28(38)35-25(20)10-19/h2-5,10,12,14,18,22,24H,6-9,11,13,15-17H2,1H3,(H,35,38)/t22?,24-,31?/m1/s1. The predicted molar refractivity (Wildman–Crippen MR) is 149 cm³/mol. The molecule has 1 amide bonds. The smallest absolute Gasteiger partial charge is 0.309 e. The molecule has 1 spiro atoms. The molecule has 9 nitrogen and oxygen atoms in total. The lowest BCUT2D eigenvalue weighted by atomic mass is 9.86. The maximum absolute atomic E-state index is 14.2. The van der Waals surface area contributed by atoms with Crippen molar-refractivity contribution >= 4 is 23.4 Å². The lowest BCUT2D eigenvalue weighted by molar-refractivity contribution is -0.142. The van der Waals surface area contributed by atoms with Crippen LogP contribution in [0, 0.1) is 17.2 Å². The van der Waals surface area contributed by atoms with Crippen LogP contribution < -0.4 is 15.0 Å². The van der Waals surface area contributed by atoms with Gasteiger partial charge in [0, 0.05) is 48.8 Å². The molecule has 1 N–H and O–H groups in total. The number of ether oxygens (including phenoxy) is 2. The van der Waals surface area contributed by atoms with Gasteiger partial charge in [0.25, 0.3) is 0 Å². The van der Waals surface area contributed by atoms with Crippen molar-refractivity contribution in [2.24, 2.45) is 11.3 Å². The minimum atomic E-state index is -0.371. The van der Waals surface area contributed by atoms with E-state index in [0.29, 0.717) is 29.9 Å². The van der Waals surface area contributed by atoms with E-state index in [-0.39, 0.29) is 34.9 Å². The largest absolute Gasteiger partial charge is 0.469 e. The van der Waals surface area contributed by atoms with Gasteiger partial charge in [-0.25, -0.2) is 14.4 Å². The van der Waals surface area contributed by atoms with Crippen molar-refractivity contribution in [2.45, 2.75) is 38.1 Å². The van der Waals surface area contributed by atoms with Crippen LogP contribution >= 0.6 is 0 Å². The number of fused-ring (bicyclic) bond motifs is 1. The zero-order chi connectivity index (χ0) is 28.1. The quantitative estimate of drug-likeness (QED) is 0.430. The van der Waals surface area contributed by atoms with Crippen LogP contribution in [-0.2, 0) is 27.3 Å². The van der Waals surface area contributed by atoms with Crippen molar-refractivity contribution in [2.75, 3.05) is 43.5 Å². The molecule has 2 unspecified atom stereocenters. The average Bonchev–Trinajstić information content (AvgIpc) is 3.29. The SMILES string of the molecule is COC(=O)[C@@H]1CC1c1cc(F)ccc1Oc1cncnc1N1CCC2(CCN(Cc3ccc4c(c3)NC(=O)C4)C2)C1. The van der Waals surface area contributed by atoms with Gasteiger partial charge in [-0.3, -0.25) is 14.5 Å². The second-order valence-corrected chi connectivity index (χ2v) is 11.8. The summed E-state index contributed by atoms with van der Waals surface area (Å²) in [6.45, 7) is 4.59. The maximum Gasteiger partial charge on any atom is 0.309 e. The molecule has 1 aliphatic carbocycles. The van der Waals surface area contributed by atoms with Gasteiger partial charge >= 0.3 is 5.97 Å². The second-order valence-electron chi connectivity index (χ2n) is 11.8. The molecular formula is C31H32FN5O4. The van der Waals surface area contributed by atoms with E-state index in [9.17, 15) is 14.0 Å². The van der Waals surface area contributed by atoms with Crippen molar-refractivity contribution in [3.05, 3.63) is 71.4 Å². The Morgan fingerprint density at radius 1 is 1.15 bits per heavy atom. The number of methoxy groups -OCH3 is 1. The number of rotatable bonds is 7. The minimum Gasteiger partial charge on any atom is -0.469 e. The van der Waals surface area contributed by atoms with Gasteiger partial charge in [-0.05, 0) is 61.2 Å². The number of esters is 1. The molecule has 212 valence electrons. The molecular weight excluding hydrogens is 525 g/mol. The Hall–Kier alpha value is -4.05. The summed E-state index contributed by atoms with van der Waals surface area (Å²) in [7, 11) is 1.37. The van der Waals surface area contributed by atoms with Crippen LogP contribution in [0.15, 0.2) is 48.9 Å². The Kier molecular flexibility index (Phi) is 6.37. The molecule has 2 saturated heterocycles. The van der Waals surface area contributed by atoms with E-state index in [2.05, 4.69) is 43.3 Å². The Labute approximate surface area is 237 Å². The highest BCUT2D eigenvalue weighted by molar-refractivity contribution is 5.99. The number of carbonyl (C=O) groups is 2. The first-order valence-corrected chi connectivity index (χ1v) is 14.1. The van der Waals surface area contributed by atoms with Crippen LogP contribution in [0.25, 0.3) is 0 Å². The summed E-state index contributed by atoms with van der Waals surface area (Å²) in [5, 5.41) is 2.96. The topological polar surface area (TPSA) is 96.9 Å². The molecule has 7 rings (SSSR count).